The molecule has 1 aliphatic heterocycles. The summed E-state index contributed by atoms with van der Waals surface area (Å²) in [5, 5.41) is 2.08. The third-order valence-corrected chi connectivity index (χ3v) is 9.45. The molecule has 0 bridgehead atoms. The fourth-order valence-electron chi connectivity index (χ4n) is 2.81. The number of nitrogens with zero attached hydrogens (tertiary/aromatic N) is 2. The van der Waals surface area contributed by atoms with Crippen LogP contribution in [0.3, 0.4) is 0 Å². The van der Waals surface area contributed by atoms with Crippen molar-refractivity contribution in [3.05, 3.63) is 77.2 Å². The maximum absolute atomic E-state index is 4.95. The molecule has 0 aliphatic carbocycles. The Morgan fingerprint density at radius 3 is 1.32 bits per heavy atom. The molecular formula is C30H45BrCl2N2OS4Zn. The third kappa shape index (κ3) is 25.4. The predicted octanol–water partition coefficient (Wildman–Crippen LogP) is 11.3. The summed E-state index contributed by atoms with van der Waals surface area (Å²) in [4.78, 5) is 12.7. The monoisotopic (exact) mass is 790 g/mol. The Labute approximate surface area is 289 Å². The van der Waals surface area contributed by atoms with Crippen LogP contribution >= 0.6 is 80.7 Å². The fraction of sp³-hybridized carbons (Fsp3) is 0.467. The van der Waals surface area contributed by atoms with Gasteiger partial charge in [0.2, 0.25) is 0 Å². The summed E-state index contributed by atoms with van der Waals surface area (Å²) in [6.45, 7) is 12.8. The van der Waals surface area contributed by atoms with Gasteiger partial charge in [0, 0.05) is 55.6 Å². The molecule has 0 atom stereocenters. The van der Waals surface area contributed by atoms with Crippen LogP contribution in [0.1, 0.15) is 32.4 Å². The molecule has 4 aromatic rings. The molecule has 0 aromatic carbocycles. The van der Waals surface area contributed by atoms with Crippen LogP contribution < -0.4 is 0 Å². The second-order valence-corrected chi connectivity index (χ2v) is 20.4. The summed E-state index contributed by atoms with van der Waals surface area (Å²) in [6, 6.07) is 17.1. The van der Waals surface area contributed by atoms with Crippen LogP contribution in [-0.4, -0.2) is 64.3 Å². The van der Waals surface area contributed by atoms with Crippen molar-refractivity contribution in [2.75, 3.05) is 54.5 Å². The predicted molar refractivity (Wildman–Crippen MR) is 192 cm³/mol. The average Bonchev–Trinajstić information content (AvgIpc) is 3.74. The van der Waals surface area contributed by atoms with E-state index in [2.05, 4.69) is 136 Å². The molecule has 1 fully saturated rings. The molecule has 1 aliphatic rings. The summed E-state index contributed by atoms with van der Waals surface area (Å²) in [7, 11) is 18.2. The van der Waals surface area contributed by atoms with E-state index in [1.807, 2.05) is 22.7 Å². The van der Waals surface area contributed by atoms with Crippen molar-refractivity contribution in [2.24, 2.45) is 0 Å². The van der Waals surface area contributed by atoms with Crippen molar-refractivity contribution in [1.82, 2.24) is 9.80 Å². The van der Waals surface area contributed by atoms with E-state index < -0.39 is 15.1 Å². The number of rotatable bonds is 4. The van der Waals surface area contributed by atoms with Gasteiger partial charge in [0.1, 0.15) is 0 Å². The summed E-state index contributed by atoms with van der Waals surface area (Å²) in [6.07, 6.45) is 2.56. The van der Waals surface area contributed by atoms with Gasteiger partial charge < -0.3 is 14.5 Å². The van der Waals surface area contributed by atoms with Crippen LogP contribution in [0.2, 0.25) is 0 Å². The van der Waals surface area contributed by atoms with Crippen molar-refractivity contribution in [1.29, 1.82) is 0 Å². The molecule has 0 unspecified atom stereocenters. The zero-order chi connectivity index (χ0) is 31.0. The van der Waals surface area contributed by atoms with E-state index in [9.17, 15) is 0 Å². The minimum atomic E-state index is -0.931. The molecule has 5 heterocycles. The third-order valence-electron chi connectivity index (χ3n) is 4.92. The van der Waals surface area contributed by atoms with Gasteiger partial charge in [0.15, 0.2) is 0 Å². The van der Waals surface area contributed by atoms with E-state index in [1.165, 1.54) is 45.9 Å². The van der Waals surface area contributed by atoms with E-state index in [0.29, 0.717) is 0 Å². The van der Waals surface area contributed by atoms with Gasteiger partial charge in [0.05, 0.1) is 3.79 Å². The minimum absolute atomic E-state index is 0.931. The number of aryl methyl sites for hydroxylation is 4. The standard InChI is InChI=1S/C10H10S2.C6H16N2.C5H5BrS.C5H6S.C4H8O.2ClH.Zn/c1-7-3-5-9(11-7)10-6-4-8(2)12-10;1-7(2)5-6-8(3)4;1-4-2-3-5(6)7-4;1-5-3-2-4-6-5;1-2-4-5-3-1;;;/h3-6H,1-2H3;5-6H2,1-4H3;2-3H,1H3;2-4H,1H3;1-4H2;2*1H;/q;;;;;;;+2/p-2. The zero-order valence-electron chi connectivity index (χ0n) is 25.7. The Kier molecular flexibility index (Phi) is 27.0. The molecule has 0 N–H and O–H groups in total. The van der Waals surface area contributed by atoms with E-state index in [4.69, 9.17) is 24.1 Å². The molecule has 41 heavy (non-hydrogen) atoms. The average molecular weight is 794 g/mol. The summed E-state index contributed by atoms with van der Waals surface area (Å²) >= 11 is 9.69. The Bertz CT molecular complexity index is 1040. The Morgan fingerprint density at radius 2 is 1.15 bits per heavy atom. The number of hydrogen-bond acceptors (Lipinski definition) is 7. The fourth-order valence-corrected chi connectivity index (χ4v) is 6.64. The van der Waals surface area contributed by atoms with Crippen LogP contribution in [0, 0.1) is 27.7 Å². The second-order valence-electron chi connectivity index (χ2n) is 9.42. The normalized spacial score (nSPS) is 11.3. The van der Waals surface area contributed by atoms with Gasteiger partial charge in [-0.05, 0) is 133 Å². The zero-order valence-corrected chi connectivity index (χ0v) is 35.0. The van der Waals surface area contributed by atoms with Crippen LogP contribution in [-0.2, 0) is 19.9 Å². The first-order chi connectivity index (χ1) is 19.5. The molecule has 0 saturated carbocycles. The Hall–Kier alpha value is 0.363. The maximum atomic E-state index is 4.95. The van der Waals surface area contributed by atoms with Crippen molar-refractivity contribution in [2.45, 2.75) is 40.5 Å². The molecule has 0 radical (unpaired) electrons. The van der Waals surface area contributed by atoms with Gasteiger partial charge in [-0.15, -0.1) is 45.3 Å². The molecule has 228 valence electrons. The summed E-state index contributed by atoms with van der Waals surface area (Å²) in [5.74, 6) is 0. The molecule has 1 saturated heterocycles. The van der Waals surface area contributed by atoms with Gasteiger partial charge in [-0.2, -0.15) is 0 Å². The van der Waals surface area contributed by atoms with Crippen molar-refractivity contribution >= 4 is 80.7 Å². The van der Waals surface area contributed by atoms with Gasteiger partial charge in [-0.1, -0.05) is 6.07 Å². The molecular weight excluding hydrogens is 749 g/mol. The molecule has 5 rings (SSSR count). The van der Waals surface area contributed by atoms with Crippen LogP contribution in [0.5, 0.6) is 0 Å². The Balaban J connectivity index is 0.000000492. The van der Waals surface area contributed by atoms with E-state index in [0.717, 1.165) is 26.3 Å². The molecule has 11 heteroatoms. The van der Waals surface area contributed by atoms with Crippen LogP contribution in [0.4, 0.5) is 0 Å². The van der Waals surface area contributed by atoms with Crippen molar-refractivity contribution < 1.29 is 19.9 Å². The summed E-state index contributed by atoms with van der Waals surface area (Å²) in [5.41, 5.74) is 0. The molecule has 3 nitrogen and oxygen atoms in total. The first kappa shape index (κ1) is 41.4. The van der Waals surface area contributed by atoms with E-state index in [-0.39, 0.29) is 0 Å². The van der Waals surface area contributed by atoms with Gasteiger partial charge in [-0.3, -0.25) is 0 Å². The first-order valence-corrected chi connectivity index (χ1v) is 25.2. The van der Waals surface area contributed by atoms with Crippen molar-refractivity contribution in [3.8, 4) is 9.75 Å². The second kappa shape index (κ2) is 26.7. The van der Waals surface area contributed by atoms with Crippen molar-refractivity contribution in [3.63, 3.8) is 0 Å². The Morgan fingerprint density at radius 1 is 0.707 bits per heavy atom. The van der Waals surface area contributed by atoms with E-state index >= 15 is 0 Å². The summed E-state index contributed by atoms with van der Waals surface area (Å²) < 4.78 is 6.16. The quantitative estimate of drug-likeness (QED) is 0.191. The van der Waals surface area contributed by atoms with Gasteiger partial charge in [0.25, 0.3) is 0 Å². The number of hydrogen-bond donors (Lipinski definition) is 0. The number of thiophene rings is 4. The van der Waals surface area contributed by atoms with Gasteiger partial charge in [-0.25, -0.2) is 0 Å². The number of halogens is 3. The molecule has 4 aromatic heterocycles. The van der Waals surface area contributed by atoms with Crippen LogP contribution in [0.25, 0.3) is 9.75 Å². The van der Waals surface area contributed by atoms with Crippen LogP contribution in [0.15, 0.2) is 57.7 Å². The number of ether oxygens (including phenoxy) is 1. The molecule has 0 spiro atoms. The van der Waals surface area contributed by atoms with Gasteiger partial charge >= 0.3 is 34.5 Å². The topological polar surface area (TPSA) is 15.7 Å². The number of likely N-dealkylation sites (N-methyl/N-ethyl adjacent to an activating group) is 2. The SMILES string of the molecule is C1CCOC1.CN(C)CCN(C)C.Cc1ccc(-c2ccc(C)s2)s1.Cc1ccc(Br)s1.Cc1cccs1.[Cl][Zn][Cl]. The van der Waals surface area contributed by atoms with E-state index in [1.54, 1.807) is 22.7 Å². The first-order valence-electron chi connectivity index (χ1n) is 13.3. The molecule has 0 amide bonds.